The van der Waals surface area contributed by atoms with Gasteiger partial charge in [0, 0.05) is 12.1 Å². The molecule has 0 heterocycles. The maximum Gasteiger partial charge on any atom is 0.00105 e. The molecule has 0 bridgehead atoms. The van der Waals surface area contributed by atoms with E-state index in [-0.39, 0.29) is 0 Å². The van der Waals surface area contributed by atoms with Gasteiger partial charge in [-0.05, 0) is 57.8 Å². The fourth-order valence-electron chi connectivity index (χ4n) is 2.02. The molecule has 4 unspecified atom stereocenters. The van der Waals surface area contributed by atoms with E-state index in [4.69, 9.17) is 11.5 Å². The molecule has 15 heavy (non-hydrogen) atoms. The molecular formula is C13H30N2. The minimum atomic E-state index is 0.354. The SMILES string of the molecule is CC(N)CCC(C)CC(C)CCC(C)N. The van der Waals surface area contributed by atoms with Crippen LogP contribution in [0.15, 0.2) is 0 Å². The summed E-state index contributed by atoms with van der Waals surface area (Å²) >= 11 is 0. The highest BCUT2D eigenvalue weighted by Crippen LogP contribution is 2.21. The van der Waals surface area contributed by atoms with Gasteiger partial charge in [-0.2, -0.15) is 0 Å². The minimum Gasteiger partial charge on any atom is -0.328 e. The van der Waals surface area contributed by atoms with Crippen molar-refractivity contribution in [2.24, 2.45) is 23.3 Å². The second kappa shape index (κ2) is 8.12. The Morgan fingerprint density at radius 3 is 1.27 bits per heavy atom. The second-order valence-electron chi connectivity index (χ2n) is 5.56. The monoisotopic (exact) mass is 214 g/mol. The lowest BCUT2D eigenvalue weighted by Gasteiger charge is -2.18. The molecule has 0 aromatic rings. The minimum absolute atomic E-state index is 0.354. The third-order valence-electron chi connectivity index (χ3n) is 3.03. The lowest BCUT2D eigenvalue weighted by Crippen LogP contribution is -2.18. The van der Waals surface area contributed by atoms with Crippen molar-refractivity contribution in [3.8, 4) is 0 Å². The van der Waals surface area contributed by atoms with Gasteiger partial charge in [-0.25, -0.2) is 0 Å². The average molecular weight is 214 g/mol. The number of hydrogen-bond acceptors (Lipinski definition) is 2. The van der Waals surface area contributed by atoms with Crippen LogP contribution < -0.4 is 11.5 Å². The molecule has 0 radical (unpaired) electrons. The maximum absolute atomic E-state index is 5.75. The first-order valence-electron chi connectivity index (χ1n) is 6.43. The summed E-state index contributed by atoms with van der Waals surface area (Å²) in [5, 5.41) is 0. The summed E-state index contributed by atoms with van der Waals surface area (Å²) < 4.78 is 0. The van der Waals surface area contributed by atoms with E-state index in [2.05, 4.69) is 27.7 Å². The summed E-state index contributed by atoms with van der Waals surface area (Å²) in [6.07, 6.45) is 6.15. The van der Waals surface area contributed by atoms with E-state index in [9.17, 15) is 0 Å². The second-order valence-corrected chi connectivity index (χ2v) is 5.56. The van der Waals surface area contributed by atoms with Gasteiger partial charge in [0.2, 0.25) is 0 Å². The van der Waals surface area contributed by atoms with Crippen molar-refractivity contribution in [3.63, 3.8) is 0 Å². The summed E-state index contributed by atoms with van der Waals surface area (Å²) in [6, 6.07) is 0.707. The molecule has 2 heteroatoms. The van der Waals surface area contributed by atoms with Gasteiger partial charge in [0.1, 0.15) is 0 Å². The zero-order valence-corrected chi connectivity index (χ0v) is 11.0. The Morgan fingerprint density at radius 2 is 1.00 bits per heavy atom. The molecule has 0 aromatic heterocycles. The van der Waals surface area contributed by atoms with Gasteiger partial charge in [-0.15, -0.1) is 0 Å². The molecule has 0 aliphatic rings. The Balaban J connectivity index is 3.52. The van der Waals surface area contributed by atoms with E-state index < -0.39 is 0 Å². The van der Waals surface area contributed by atoms with Crippen LogP contribution in [0.3, 0.4) is 0 Å². The van der Waals surface area contributed by atoms with Crippen LogP contribution in [-0.4, -0.2) is 12.1 Å². The van der Waals surface area contributed by atoms with E-state index in [0.717, 1.165) is 24.7 Å². The Kier molecular flexibility index (Phi) is 8.07. The van der Waals surface area contributed by atoms with Crippen molar-refractivity contribution in [1.82, 2.24) is 0 Å². The lowest BCUT2D eigenvalue weighted by molar-refractivity contribution is 0.352. The van der Waals surface area contributed by atoms with Crippen molar-refractivity contribution >= 4 is 0 Å². The Bertz CT molecular complexity index is 127. The van der Waals surface area contributed by atoms with Crippen LogP contribution in [0, 0.1) is 11.8 Å². The molecular weight excluding hydrogens is 184 g/mol. The standard InChI is InChI=1S/C13H30N2/c1-10(5-7-12(3)14)9-11(2)6-8-13(4)15/h10-13H,5-9,14-15H2,1-4H3. The Morgan fingerprint density at radius 1 is 0.667 bits per heavy atom. The van der Waals surface area contributed by atoms with E-state index in [1.54, 1.807) is 0 Å². The summed E-state index contributed by atoms with van der Waals surface area (Å²) in [5.41, 5.74) is 11.5. The molecule has 0 aromatic carbocycles. The first-order valence-corrected chi connectivity index (χ1v) is 6.43. The third-order valence-corrected chi connectivity index (χ3v) is 3.03. The molecule has 4 atom stereocenters. The average Bonchev–Trinajstić information content (AvgIpc) is 2.11. The lowest BCUT2D eigenvalue weighted by atomic mass is 9.89. The van der Waals surface area contributed by atoms with Crippen LogP contribution in [0.4, 0.5) is 0 Å². The molecule has 0 saturated heterocycles. The maximum atomic E-state index is 5.75. The fraction of sp³-hybridized carbons (Fsp3) is 1.00. The van der Waals surface area contributed by atoms with Crippen LogP contribution in [0.2, 0.25) is 0 Å². The molecule has 0 rings (SSSR count). The fourth-order valence-corrected chi connectivity index (χ4v) is 2.02. The summed E-state index contributed by atoms with van der Waals surface area (Å²) in [4.78, 5) is 0. The van der Waals surface area contributed by atoms with Gasteiger partial charge in [0.15, 0.2) is 0 Å². The zero-order valence-electron chi connectivity index (χ0n) is 11.0. The third kappa shape index (κ3) is 10.2. The smallest absolute Gasteiger partial charge is 0.00105 e. The molecule has 0 aliphatic carbocycles. The molecule has 0 fully saturated rings. The Hall–Kier alpha value is -0.0800. The first kappa shape index (κ1) is 14.9. The molecule has 0 amide bonds. The summed E-state index contributed by atoms with van der Waals surface area (Å²) in [5.74, 6) is 1.61. The topological polar surface area (TPSA) is 52.0 Å². The van der Waals surface area contributed by atoms with Crippen molar-refractivity contribution in [2.75, 3.05) is 0 Å². The van der Waals surface area contributed by atoms with Crippen LogP contribution in [0.25, 0.3) is 0 Å². The molecule has 0 aliphatic heterocycles. The van der Waals surface area contributed by atoms with Gasteiger partial charge in [-0.3, -0.25) is 0 Å². The van der Waals surface area contributed by atoms with Gasteiger partial charge < -0.3 is 11.5 Å². The van der Waals surface area contributed by atoms with Gasteiger partial charge >= 0.3 is 0 Å². The van der Waals surface area contributed by atoms with E-state index >= 15 is 0 Å². The van der Waals surface area contributed by atoms with E-state index in [1.807, 2.05) is 0 Å². The quantitative estimate of drug-likeness (QED) is 0.653. The van der Waals surface area contributed by atoms with Crippen LogP contribution in [-0.2, 0) is 0 Å². The highest BCUT2D eigenvalue weighted by Gasteiger charge is 2.10. The van der Waals surface area contributed by atoms with Crippen molar-refractivity contribution in [2.45, 2.75) is 71.9 Å². The molecule has 0 spiro atoms. The Labute approximate surface area is 95.8 Å². The van der Waals surface area contributed by atoms with Crippen LogP contribution >= 0.6 is 0 Å². The predicted octanol–water partition coefficient (Wildman–Crippen LogP) is 2.90. The molecule has 4 N–H and O–H groups in total. The largest absolute Gasteiger partial charge is 0.328 e. The van der Waals surface area contributed by atoms with Gasteiger partial charge in [0.25, 0.3) is 0 Å². The van der Waals surface area contributed by atoms with E-state index in [1.165, 1.54) is 19.3 Å². The molecule has 2 nitrogen and oxygen atoms in total. The highest BCUT2D eigenvalue weighted by atomic mass is 14.6. The van der Waals surface area contributed by atoms with Crippen molar-refractivity contribution in [1.29, 1.82) is 0 Å². The molecule has 92 valence electrons. The predicted molar refractivity (Wildman–Crippen MR) is 68.7 cm³/mol. The highest BCUT2D eigenvalue weighted by molar-refractivity contribution is 4.64. The van der Waals surface area contributed by atoms with Crippen molar-refractivity contribution in [3.05, 3.63) is 0 Å². The molecule has 0 saturated carbocycles. The van der Waals surface area contributed by atoms with Gasteiger partial charge in [0.05, 0.1) is 0 Å². The number of nitrogens with two attached hydrogens (primary N) is 2. The normalized spacial score (nSPS) is 19.6. The zero-order chi connectivity index (χ0) is 11.8. The van der Waals surface area contributed by atoms with E-state index in [0.29, 0.717) is 12.1 Å². The van der Waals surface area contributed by atoms with Gasteiger partial charge in [-0.1, -0.05) is 13.8 Å². The van der Waals surface area contributed by atoms with Crippen LogP contribution in [0.1, 0.15) is 59.8 Å². The number of hydrogen-bond donors (Lipinski definition) is 2. The van der Waals surface area contributed by atoms with Crippen molar-refractivity contribution < 1.29 is 0 Å². The summed E-state index contributed by atoms with van der Waals surface area (Å²) in [7, 11) is 0. The summed E-state index contributed by atoms with van der Waals surface area (Å²) in [6.45, 7) is 8.86. The number of rotatable bonds is 8. The van der Waals surface area contributed by atoms with Crippen LogP contribution in [0.5, 0.6) is 0 Å². The first-order chi connectivity index (χ1) is 6.91.